The minimum absolute atomic E-state index is 0.170. The topological polar surface area (TPSA) is 59.1 Å². The van der Waals surface area contributed by atoms with E-state index in [1.807, 2.05) is 34.9 Å². The van der Waals surface area contributed by atoms with Gasteiger partial charge in [-0.2, -0.15) is 0 Å². The summed E-state index contributed by atoms with van der Waals surface area (Å²) in [4.78, 5) is 30.1. The third-order valence-corrected chi connectivity index (χ3v) is 6.83. The zero-order valence-corrected chi connectivity index (χ0v) is 17.1. The molecule has 28 heavy (non-hydrogen) atoms. The van der Waals surface area contributed by atoms with Gasteiger partial charge in [0.15, 0.2) is 11.5 Å². The van der Waals surface area contributed by atoms with Crippen molar-refractivity contribution in [2.75, 3.05) is 33.9 Å². The minimum Gasteiger partial charge on any atom is -0.493 e. The fourth-order valence-electron chi connectivity index (χ4n) is 4.79. The van der Waals surface area contributed by atoms with E-state index in [-0.39, 0.29) is 17.2 Å². The molecular formula is C22H30N2O4. The van der Waals surface area contributed by atoms with E-state index in [9.17, 15) is 9.59 Å². The Kier molecular flexibility index (Phi) is 4.76. The minimum atomic E-state index is -0.411. The molecule has 1 aromatic carbocycles. The molecular weight excluding hydrogens is 356 g/mol. The first-order valence-electron chi connectivity index (χ1n) is 10.2. The number of nitrogens with zero attached hydrogens (tertiary/aromatic N) is 2. The maximum atomic E-state index is 13.5. The van der Waals surface area contributed by atoms with Crippen LogP contribution in [0.4, 0.5) is 0 Å². The quantitative estimate of drug-likeness (QED) is 0.781. The van der Waals surface area contributed by atoms with Gasteiger partial charge in [0.25, 0.3) is 0 Å². The highest BCUT2D eigenvalue weighted by Gasteiger charge is 2.54. The summed E-state index contributed by atoms with van der Waals surface area (Å²) in [6.07, 6.45) is 4.57. The fraction of sp³-hybridized carbons (Fsp3) is 0.636. The molecule has 0 N–H and O–H groups in total. The average molecular weight is 386 g/mol. The van der Waals surface area contributed by atoms with Crippen LogP contribution in [-0.2, 0) is 16.1 Å². The summed E-state index contributed by atoms with van der Waals surface area (Å²) in [6, 6.07) is 5.77. The molecule has 2 amide bonds. The zero-order chi connectivity index (χ0) is 19.9. The molecule has 1 aliphatic carbocycles. The van der Waals surface area contributed by atoms with Gasteiger partial charge in [0.2, 0.25) is 11.8 Å². The van der Waals surface area contributed by atoms with E-state index in [1.165, 1.54) is 0 Å². The Hall–Kier alpha value is -2.24. The number of ether oxygens (including phenoxy) is 2. The summed E-state index contributed by atoms with van der Waals surface area (Å²) in [6.45, 7) is 4.58. The van der Waals surface area contributed by atoms with Gasteiger partial charge in [-0.3, -0.25) is 9.59 Å². The smallest absolute Gasteiger partial charge is 0.230 e. The number of amides is 2. The normalized spacial score (nSPS) is 25.9. The van der Waals surface area contributed by atoms with Crippen molar-refractivity contribution in [3.05, 3.63) is 23.8 Å². The maximum absolute atomic E-state index is 13.5. The molecule has 2 saturated heterocycles. The first-order chi connectivity index (χ1) is 13.4. The van der Waals surface area contributed by atoms with Crippen molar-refractivity contribution < 1.29 is 19.1 Å². The van der Waals surface area contributed by atoms with E-state index in [0.717, 1.165) is 44.2 Å². The fourth-order valence-corrected chi connectivity index (χ4v) is 4.79. The van der Waals surface area contributed by atoms with Crippen molar-refractivity contribution in [3.63, 3.8) is 0 Å². The molecule has 0 aromatic heterocycles. The van der Waals surface area contributed by atoms with Crippen LogP contribution in [0.15, 0.2) is 18.2 Å². The Morgan fingerprint density at radius 1 is 1.11 bits per heavy atom. The van der Waals surface area contributed by atoms with Crippen molar-refractivity contribution in [3.8, 4) is 11.5 Å². The Morgan fingerprint density at radius 3 is 2.57 bits per heavy atom. The van der Waals surface area contributed by atoms with Gasteiger partial charge < -0.3 is 19.3 Å². The molecule has 1 spiro atoms. The summed E-state index contributed by atoms with van der Waals surface area (Å²) < 4.78 is 10.9. The van der Waals surface area contributed by atoms with Gasteiger partial charge >= 0.3 is 0 Å². The monoisotopic (exact) mass is 386 g/mol. The number of methoxy groups -OCH3 is 2. The lowest BCUT2D eigenvalue weighted by Gasteiger charge is -2.39. The molecule has 1 aromatic rings. The zero-order valence-electron chi connectivity index (χ0n) is 17.1. The molecule has 3 fully saturated rings. The second-order valence-electron chi connectivity index (χ2n) is 8.80. The predicted octanol–water partition coefficient (Wildman–Crippen LogP) is 2.85. The standard InChI is InChI=1S/C22H30N2O4/c1-21(9-10-21)19(25)24-13-11-22(15-24)8-5-12-23(20(22)26)14-16-6-4-7-17(27-2)18(16)28-3/h4,6-7H,5,8-15H2,1-3H3/t22-/m1/s1. The summed E-state index contributed by atoms with van der Waals surface area (Å²) in [7, 11) is 3.24. The Bertz CT molecular complexity index is 789. The van der Waals surface area contributed by atoms with E-state index in [4.69, 9.17) is 9.47 Å². The molecule has 2 heterocycles. The second kappa shape index (κ2) is 6.98. The van der Waals surface area contributed by atoms with Crippen LogP contribution in [0.25, 0.3) is 0 Å². The number of hydrogen-bond acceptors (Lipinski definition) is 4. The van der Waals surface area contributed by atoms with Crippen molar-refractivity contribution >= 4 is 11.8 Å². The number of carbonyl (C=O) groups excluding carboxylic acids is 2. The highest BCUT2D eigenvalue weighted by atomic mass is 16.5. The van der Waals surface area contributed by atoms with Crippen LogP contribution in [0, 0.1) is 10.8 Å². The number of carbonyl (C=O) groups is 2. The lowest BCUT2D eigenvalue weighted by molar-refractivity contribution is -0.147. The van der Waals surface area contributed by atoms with Gasteiger partial charge in [0.1, 0.15) is 0 Å². The van der Waals surface area contributed by atoms with Gasteiger partial charge in [0.05, 0.1) is 19.6 Å². The molecule has 3 aliphatic rings. The number of piperidine rings is 1. The van der Waals surface area contributed by atoms with Crippen LogP contribution in [0.5, 0.6) is 11.5 Å². The Morgan fingerprint density at radius 2 is 1.89 bits per heavy atom. The number of para-hydroxylation sites is 1. The first-order valence-corrected chi connectivity index (χ1v) is 10.2. The lowest BCUT2D eigenvalue weighted by atomic mass is 9.78. The predicted molar refractivity (Wildman–Crippen MR) is 105 cm³/mol. The third kappa shape index (κ3) is 3.12. The summed E-state index contributed by atoms with van der Waals surface area (Å²) in [5.41, 5.74) is 0.367. The molecule has 0 radical (unpaired) electrons. The van der Waals surface area contributed by atoms with Crippen LogP contribution in [-0.4, -0.2) is 55.5 Å². The van der Waals surface area contributed by atoms with E-state index >= 15 is 0 Å². The molecule has 1 atom stereocenters. The van der Waals surface area contributed by atoms with Crippen molar-refractivity contribution in [1.29, 1.82) is 0 Å². The SMILES string of the molecule is COc1cccc(CN2CCC[C@]3(CCN(C(=O)C4(C)CC4)C3)C2=O)c1OC. The van der Waals surface area contributed by atoms with E-state index in [1.54, 1.807) is 14.2 Å². The van der Waals surface area contributed by atoms with Gasteiger partial charge in [-0.25, -0.2) is 0 Å². The molecule has 6 heteroatoms. The van der Waals surface area contributed by atoms with Gasteiger partial charge in [-0.1, -0.05) is 19.1 Å². The van der Waals surface area contributed by atoms with Crippen LogP contribution in [0.2, 0.25) is 0 Å². The second-order valence-corrected chi connectivity index (χ2v) is 8.80. The third-order valence-electron chi connectivity index (χ3n) is 6.83. The molecule has 2 aliphatic heterocycles. The van der Waals surface area contributed by atoms with Crippen molar-refractivity contribution in [1.82, 2.24) is 9.80 Å². The summed E-state index contributed by atoms with van der Waals surface area (Å²) in [5.74, 6) is 1.78. The maximum Gasteiger partial charge on any atom is 0.230 e. The largest absolute Gasteiger partial charge is 0.493 e. The average Bonchev–Trinajstić information content (AvgIpc) is 3.32. The van der Waals surface area contributed by atoms with E-state index in [2.05, 4.69) is 0 Å². The number of benzene rings is 1. The Balaban J connectivity index is 1.51. The van der Waals surface area contributed by atoms with Crippen LogP contribution in [0.3, 0.4) is 0 Å². The summed E-state index contributed by atoms with van der Waals surface area (Å²) in [5, 5.41) is 0. The highest BCUT2D eigenvalue weighted by molar-refractivity contribution is 5.88. The Labute approximate surface area is 166 Å². The van der Waals surface area contributed by atoms with Gasteiger partial charge in [0, 0.05) is 37.2 Å². The summed E-state index contributed by atoms with van der Waals surface area (Å²) >= 11 is 0. The number of likely N-dealkylation sites (tertiary alicyclic amines) is 2. The molecule has 0 unspecified atom stereocenters. The van der Waals surface area contributed by atoms with E-state index < -0.39 is 5.41 Å². The number of hydrogen-bond donors (Lipinski definition) is 0. The van der Waals surface area contributed by atoms with Crippen molar-refractivity contribution in [2.45, 2.75) is 45.6 Å². The molecule has 152 valence electrons. The molecule has 0 bridgehead atoms. The molecule has 1 saturated carbocycles. The van der Waals surface area contributed by atoms with E-state index in [0.29, 0.717) is 31.1 Å². The van der Waals surface area contributed by atoms with Crippen LogP contribution < -0.4 is 9.47 Å². The molecule has 4 rings (SSSR count). The van der Waals surface area contributed by atoms with Crippen molar-refractivity contribution in [2.24, 2.45) is 10.8 Å². The lowest BCUT2D eigenvalue weighted by Crippen LogP contribution is -2.50. The number of rotatable bonds is 5. The first kappa shape index (κ1) is 19.1. The molecule has 6 nitrogen and oxygen atoms in total. The van der Waals surface area contributed by atoms with Crippen LogP contribution in [0.1, 0.15) is 44.6 Å². The van der Waals surface area contributed by atoms with Gasteiger partial charge in [-0.05, 0) is 38.2 Å². The highest BCUT2D eigenvalue weighted by Crippen LogP contribution is 2.49. The van der Waals surface area contributed by atoms with Crippen LogP contribution >= 0.6 is 0 Å². The van der Waals surface area contributed by atoms with Gasteiger partial charge in [-0.15, -0.1) is 0 Å².